The van der Waals surface area contributed by atoms with E-state index in [0.717, 1.165) is 25.7 Å². The number of nitro benzene ring substituents is 1. The highest BCUT2D eigenvalue weighted by atomic mass is 127. The van der Waals surface area contributed by atoms with Gasteiger partial charge in [-0.3, -0.25) is 14.9 Å². The number of carbonyl (C=O) groups excluding carboxylic acids is 1. The van der Waals surface area contributed by atoms with Crippen molar-refractivity contribution in [2.75, 3.05) is 7.11 Å². The molecular formula is C23H22IN3O5. The predicted molar refractivity (Wildman–Crippen MR) is 127 cm³/mol. The molecule has 0 saturated heterocycles. The van der Waals surface area contributed by atoms with Gasteiger partial charge < -0.3 is 14.8 Å². The van der Waals surface area contributed by atoms with Crippen LogP contribution in [0.4, 0.5) is 5.69 Å². The molecule has 166 valence electrons. The Morgan fingerprint density at radius 3 is 2.75 bits per heavy atom. The van der Waals surface area contributed by atoms with E-state index in [1.54, 1.807) is 24.3 Å². The molecule has 0 unspecified atom stereocenters. The van der Waals surface area contributed by atoms with Gasteiger partial charge in [-0.1, -0.05) is 25.0 Å². The number of nitriles is 1. The van der Waals surface area contributed by atoms with E-state index in [1.807, 2.05) is 6.07 Å². The molecule has 1 saturated carbocycles. The van der Waals surface area contributed by atoms with Crippen molar-refractivity contribution in [2.45, 2.75) is 38.3 Å². The van der Waals surface area contributed by atoms with Crippen molar-refractivity contribution in [3.05, 3.63) is 66.8 Å². The first-order valence-electron chi connectivity index (χ1n) is 10.1. The Hall–Kier alpha value is -3.13. The van der Waals surface area contributed by atoms with Crippen molar-refractivity contribution in [3.63, 3.8) is 0 Å². The topological polar surface area (TPSA) is 114 Å². The van der Waals surface area contributed by atoms with E-state index in [1.165, 1.54) is 25.3 Å². The second-order valence-electron chi connectivity index (χ2n) is 7.37. The summed E-state index contributed by atoms with van der Waals surface area (Å²) in [6.45, 7) is 0.121. The quantitative estimate of drug-likeness (QED) is 0.168. The van der Waals surface area contributed by atoms with Crippen molar-refractivity contribution in [1.29, 1.82) is 5.26 Å². The molecule has 1 aliphatic carbocycles. The van der Waals surface area contributed by atoms with Crippen LogP contribution < -0.4 is 14.8 Å². The third-order valence-corrected chi connectivity index (χ3v) is 5.92. The molecule has 1 aliphatic rings. The molecule has 2 aromatic carbocycles. The molecule has 8 nitrogen and oxygen atoms in total. The first-order chi connectivity index (χ1) is 15.4. The smallest absolute Gasteiger partial charge is 0.269 e. The Balaban J connectivity index is 1.78. The average Bonchev–Trinajstić information content (AvgIpc) is 3.29. The van der Waals surface area contributed by atoms with Gasteiger partial charge in [-0.15, -0.1) is 0 Å². The van der Waals surface area contributed by atoms with E-state index in [0.29, 0.717) is 26.2 Å². The SMILES string of the molecule is COc1cc(/C=C(/C#N)C(=O)NC2CCCC2)cc(I)c1OCc1cccc([N+](=O)[O-])c1. The molecule has 1 fully saturated rings. The molecule has 3 rings (SSSR count). The fraction of sp³-hybridized carbons (Fsp3) is 0.304. The van der Waals surface area contributed by atoms with Crippen molar-refractivity contribution < 1.29 is 19.2 Å². The first kappa shape index (κ1) is 23.5. The number of halogens is 1. The summed E-state index contributed by atoms with van der Waals surface area (Å²) in [7, 11) is 1.50. The second-order valence-corrected chi connectivity index (χ2v) is 8.54. The summed E-state index contributed by atoms with van der Waals surface area (Å²) in [6.07, 6.45) is 5.58. The zero-order valence-corrected chi connectivity index (χ0v) is 19.6. The van der Waals surface area contributed by atoms with E-state index < -0.39 is 4.92 Å². The van der Waals surface area contributed by atoms with Gasteiger partial charge in [0.05, 0.1) is 15.6 Å². The van der Waals surface area contributed by atoms with Crippen LogP contribution in [0.1, 0.15) is 36.8 Å². The number of nitro groups is 1. The maximum atomic E-state index is 12.5. The van der Waals surface area contributed by atoms with Crippen LogP contribution in [0.15, 0.2) is 42.0 Å². The van der Waals surface area contributed by atoms with E-state index >= 15 is 0 Å². The third-order valence-electron chi connectivity index (χ3n) is 5.12. The van der Waals surface area contributed by atoms with Gasteiger partial charge in [-0.2, -0.15) is 5.26 Å². The summed E-state index contributed by atoms with van der Waals surface area (Å²) in [5.74, 6) is 0.534. The van der Waals surface area contributed by atoms with Crippen LogP contribution in [-0.2, 0) is 11.4 Å². The van der Waals surface area contributed by atoms with Crippen LogP contribution in [0.3, 0.4) is 0 Å². The number of amides is 1. The van der Waals surface area contributed by atoms with Crippen LogP contribution in [0.25, 0.3) is 6.08 Å². The highest BCUT2D eigenvalue weighted by molar-refractivity contribution is 14.1. The van der Waals surface area contributed by atoms with Gasteiger partial charge in [0.1, 0.15) is 18.2 Å². The lowest BCUT2D eigenvalue weighted by atomic mass is 10.1. The van der Waals surface area contributed by atoms with Crippen LogP contribution in [0.5, 0.6) is 11.5 Å². The maximum absolute atomic E-state index is 12.5. The van der Waals surface area contributed by atoms with Gasteiger partial charge in [-0.25, -0.2) is 0 Å². The molecule has 0 aromatic heterocycles. The van der Waals surface area contributed by atoms with E-state index in [2.05, 4.69) is 27.9 Å². The van der Waals surface area contributed by atoms with Crippen molar-refractivity contribution >= 4 is 40.3 Å². The highest BCUT2D eigenvalue weighted by Crippen LogP contribution is 2.35. The molecule has 32 heavy (non-hydrogen) atoms. The molecule has 1 N–H and O–H groups in total. The van der Waals surface area contributed by atoms with Crippen LogP contribution in [0.2, 0.25) is 0 Å². The maximum Gasteiger partial charge on any atom is 0.269 e. The number of rotatable bonds is 8. The van der Waals surface area contributed by atoms with Crippen LogP contribution in [-0.4, -0.2) is 24.0 Å². The lowest BCUT2D eigenvalue weighted by Crippen LogP contribution is -2.33. The van der Waals surface area contributed by atoms with Gasteiger partial charge in [0.15, 0.2) is 11.5 Å². The molecule has 0 aliphatic heterocycles. The molecule has 0 spiro atoms. The normalized spacial score (nSPS) is 14.0. The van der Waals surface area contributed by atoms with E-state index in [-0.39, 0.29) is 29.8 Å². The molecule has 2 aromatic rings. The Kier molecular flexibility index (Phi) is 8.05. The largest absolute Gasteiger partial charge is 0.493 e. The fourth-order valence-corrected chi connectivity index (χ4v) is 4.31. The Labute approximate surface area is 199 Å². The third kappa shape index (κ3) is 5.97. The number of benzene rings is 2. The number of hydrogen-bond acceptors (Lipinski definition) is 6. The number of nitrogens with zero attached hydrogens (tertiary/aromatic N) is 2. The van der Waals surface area contributed by atoms with Crippen molar-refractivity contribution in [3.8, 4) is 17.6 Å². The lowest BCUT2D eigenvalue weighted by Gasteiger charge is -2.14. The van der Waals surface area contributed by atoms with Gasteiger partial charge in [0, 0.05) is 18.2 Å². The molecular weight excluding hydrogens is 525 g/mol. The summed E-state index contributed by atoms with van der Waals surface area (Å²) in [4.78, 5) is 23.0. The minimum atomic E-state index is -0.454. The highest BCUT2D eigenvalue weighted by Gasteiger charge is 2.20. The van der Waals surface area contributed by atoms with Crippen molar-refractivity contribution in [2.24, 2.45) is 0 Å². The van der Waals surface area contributed by atoms with Crippen LogP contribution in [0, 0.1) is 25.0 Å². The monoisotopic (exact) mass is 547 g/mol. The molecule has 9 heteroatoms. The average molecular weight is 547 g/mol. The van der Waals surface area contributed by atoms with Gasteiger partial charge in [0.2, 0.25) is 0 Å². The number of hydrogen-bond donors (Lipinski definition) is 1. The summed E-state index contributed by atoms with van der Waals surface area (Å²) >= 11 is 2.09. The standard InChI is InChI=1S/C23H22IN3O5/c1-31-21-12-16(9-17(13-25)23(28)26-18-6-2-3-7-18)11-20(24)22(21)32-14-15-5-4-8-19(10-15)27(29)30/h4-5,8-12,18H,2-3,6-7,14H2,1H3,(H,26,28)/b17-9-. The van der Waals surface area contributed by atoms with E-state index in [4.69, 9.17) is 9.47 Å². The Morgan fingerprint density at radius 1 is 1.34 bits per heavy atom. The Morgan fingerprint density at radius 2 is 2.09 bits per heavy atom. The second kappa shape index (κ2) is 10.9. The molecule has 0 bridgehead atoms. The van der Waals surface area contributed by atoms with Gasteiger partial charge in [0.25, 0.3) is 11.6 Å². The Bertz CT molecular complexity index is 1090. The predicted octanol–water partition coefficient (Wildman–Crippen LogP) is 4.75. The first-order valence-corrected chi connectivity index (χ1v) is 11.2. The number of non-ortho nitro benzene ring substituents is 1. The minimum absolute atomic E-state index is 0.00633. The number of ether oxygens (including phenoxy) is 2. The molecule has 1 amide bonds. The van der Waals surface area contributed by atoms with E-state index in [9.17, 15) is 20.2 Å². The number of carbonyl (C=O) groups is 1. The number of nitrogens with one attached hydrogen (secondary N) is 1. The zero-order valence-electron chi connectivity index (χ0n) is 17.5. The minimum Gasteiger partial charge on any atom is -0.493 e. The van der Waals surface area contributed by atoms with Crippen LogP contribution >= 0.6 is 22.6 Å². The van der Waals surface area contributed by atoms with Crippen molar-refractivity contribution in [1.82, 2.24) is 5.32 Å². The summed E-state index contributed by atoms with van der Waals surface area (Å²) in [5, 5.41) is 23.4. The van der Waals surface area contributed by atoms with Gasteiger partial charge in [-0.05, 0) is 64.8 Å². The van der Waals surface area contributed by atoms with Gasteiger partial charge >= 0.3 is 0 Å². The fourth-order valence-electron chi connectivity index (χ4n) is 3.53. The zero-order chi connectivity index (χ0) is 23.1. The molecule has 0 atom stereocenters. The summed E-state index contributed by atoms with van der Waals surface area (Å²) < 4.78 is 12.0. The molecule has 0 radical (unpaired) electrons. The number of methoxy groups -OCH3 is 1. The summed E-state index contributed by atoms with van der Waals surface area (Å²) in [5.41, 5.74) is 1.30. The molecule has 0 heterocycles. The lowest BCUT2D eigenvalue weighted by molar-refractivity contribution is -0.384. The summed E-state index contributed by atoms with van der Waals surface area (Å²) in [6, 6.07) is 11.8.